The molecule has 0 amide bonds. The van der Waals surface area contributed by atoms with Gasteiger partial charge in [0, 0.05) is 18.0 Å². The van der Waals surface area contributed by atoms with Crippen molar-refractivity contribution in [1.29, 1.82) is 0 Å². The second-order valence-electron chi connectivity index (χ2n) is 3.56. The minimum Gasteiger partial charge on any atom is -0.438 e. The summed E-state index contributed by atoms with van der Waals surface area (Å²) in [6.45, 7) is 1.94. The molecule has 1 aromatic carbocycles. The summed E-state index contributed by atoms with van der Waals surface area (Å²) in [4.78, 5) is 4.08. The highest BCUT2D eigenvalue weighted by Gasteiger charge is 2.06. The summed E-state index contributed by atoms with van der Waals surface area (Å²) in [5.74, 6) is 1.10. The number of rotatable bonds is 2. The van der Waals surface area contributed by atoms with E-state index in [-0.39, 0.29) is 0 Å². The Morgan fingerprint density at radius 3 is 2.76 bits per heavy atom. The number of nitrogens with two attached hydrogens (primary N) is 1. The molecule has 5 heteroatoms. The van der Waals surface area contributed by atoms with Crippen molar-refractivity contribution in [2.24, 2.45) is 0 Å². The zero-order chi connectivity index (χ0) is 12.4. The van der Waals surface area contributed by atoms with E-state index in [1.54, 1.807) is 12.1 Å². The maximum absolute atomic E-state index is 5.80. The topological polar surface area (TPSA) is 48.1 Å². The number of halogens is 2. The Morgan fingerprint density at radius 1 is 1.35 bits per heavy atom. The standard InChI is InChI=1S/C12H10BrClN2O/c1-7-2-3-9(5-11(7)15)17-12-10(13)4-8(14)6-16-12/h2-6H,15H2,1H3. The molecule has 0 saturated heterocycles. The van der Waals surface area contributed by atoms with Crippen LogP contribution in [0.1, 0.15) is 5.56 Å². The fraction of sp³-hybridized carbons (Fsp3) is 0.0833. The van der Waals surface area contributed by atoms with E-state index in [0.29, 0.717) is 26.8 Å². The molecule has 1 heterocycles. The second kappa shape index (κ2) is 4.94. The van der Waals surface area contributed by atoms with Gasteiger partial charge < -0.3 is 10.5 Å². The molecule has 17 heavy (non-hydrogen) atoms. The van der Waals surface area contributed by atoms with Gasteiger partial charge in [0.25, 0.3) is 0 Å². The quantitative estimate of drug-likeness (QED) is 0.846. The molecular formula is C12H10BrClN2O. The molecule has 0 fully saturated rings. The van der Waals surface area contributed by atoms with Crippen molar-refractivity contribution in [3.05, 3.63) is 45.5 Å². The molecule has 1 aromatic heterocycles. The molecule has 0 aliphatic heterocycles. The number of hydrogen-bond donors (Lipinski definition) is 1. The third-order valence-electron chi connectivity index (χ3n) is 2.24. The molecule has 0 aliphatic carbocycles. The van der Waals surface area contributed by atoms with Gasteiger partial charge in [-0.1, -0.05) is 17.7 Å². The number of aryl methyl sites for hydroxylation is 1. The number of aromatic nitrogens is 1. The number of hydrogen-bond acceptors (Lipinski definition) is 3. The predicted molar refractivity (Wildman–Crippen MR) is 72.6 cm³/mol. The molecule has 2 aromatic rings. The van der Waals surface area contributed by atoms with Crippen LogP contribution in [-0.2, 0) is 0 Å². The molecule has 2 N–H and O–H groups in total. The van der Waals surface area contributed by atoms with Gasteiger partial charge in [0.15, 0.2) is 0 Å². The van der Waals surface area contributed by atoms with E-state index in [1.807, 2.05) is 19.1 Å². The van der Waals surface area contributed by atoms with Gasteiger partial charge in [0.05, 0.1) is 9.50 Å². The van der Waals surface area contributed by atoms with E-state index in [2.05, 4.69) is 20.9 Å². The van der Waals surface area contributed by atoms with Crippen LogP contribution in [0.2, 0.25) is 5.02 Å². The molecule has 0 aliphatic rings. The first kappa shape index (κ1) is 12.2. The van der Waals surface area contributed by atoms with E-state index in [4.69, 9.17) is 22.1 Å². The minimum atomic E-state index is 0.456. The molecule has 0 saturated carbocycles. The highest BCUT2D eigenvalue weighted by atomic mass is 79.9. The molecule has 0 bridgehead atoms. The van der Waals surface area contributed by atoms with Crippen LogP contribution in [0.4, 0.5) is 5.69 Å². The lowest BCUT2D eigenvalue weighted by Crippen LogP contribution is -1.93. The summed E-state index contributed by atoms with van der Waals surface area (Å²) < 4.78 is 6.30. The lowest BCUT2D eigenvalue weighted by molar-refractivity contribution is 0.460. The number of nitrogen functional groups attached to an aromatic ring is 1. The van der Waals surface area contributed by atoms with Crippen molar-refractivity contribution >= 4 is 33.2 Å². The monoisotopic (exact) mass is 312 g/mol. The van der Waals surface area contributed by atoms with Gasteiger partial charge in [-0.15, -0.1) is 0 Å². The van der Waals surface area contributed by atoms with Gasteiger partial charge in [-0.3, -0.25) is 0 Å². The van der Waals surface area contributed by atoms with Gasteiger partial charge in [0.1, 0.15) is 5.75 Å². The molecule has 0 spiro atoms. The normalized spacial score (nSPS) is 10.3. The SMILES string of the molecule is Cc1ccc(Oc2ncc(Cl)cc2Br)cc1N. The van der Waals surface area contributed by atoms with Gasteiger partial charge in [-0.25, -0.2) is 4.98 Å². The molecule has 0 unspecified atom stereocenters. The van der Waals surface area contributed by atoms with Gasteiger partial charge in [-0.05, 0) is 40.5 Å². The Morgan fingerprint density at radius 2 is 2.12 bits per heavy atom. The number of anilines is 1. The van der Waals surface area contributed by atoms with Gasteiger partial charge in [-0.2, -0.15) is 0 Å². The number of nitrogens with zero attached hydrogens (tertiary/aromatic N) is 1. The first-order valence-corrected chi connectivity index (χ1v) is 6.08. The van der Waals surface area contributed by atoms with Crippen molar-refractivity contribution in [3.8, 4) is 11.6 Å². The Labute approximate surface area is 113 Å². The average molecular weight is 314 g/mol. The van der Waals surface area contributed by atoms with Crippen LogP contribution in [-0.4, -0.2) is 4.98 Å². The smallest absolute Gasteiger partial charge is 0.233 e. The lowest BCUT2D eigenvalue weighted by Gasteiger charge is -2.08. The van der Waals surface area contributed by atoms with Crippen molar-refractivity contribution in [2.45, 2.75) is 6.92 Å². The van der Waals surface area contributed by atoms with Crippen LogP contribution >= 0.6 is 27.5 Å². The fourth-order valence-corrected chi connectivity index (χ4v) is 1.99. The van der Waals surface area contributed by atoms with E-state index < -0.39 is 0 Å². The van der Waals surface area contributed by atoms with Crippen molar-refractivity contribution in [2.75, 3.05) is 5.73 Å². The Kier molecular flexibility index (Phi) is 3.54. The molecule has 3 nitrogen and oxygen atoms in total. The highest BCUT2D eigenvalue weighted by molar-refractivity contribution is 9.10. The number of ether oxygens (including phenoxy) is 1. The maximum Gasteiger partial charge on any atom is 0.233 e. The average Bonchev–Trinajstić information content (AvgIpc) is 2.27. The number of pyridine rings is 1. The first-order chi connectivity index (χ1) is 8.06. The minimum absolute atomic E-state index is 0.456. The molecule has 2 rings (SSSR count). The zero-order valence-corrected chi connectivity index (χ0v) is 11.4. The van der Waals surface area contributed by atoms with Crippen LogP contribution < -0.4 is 10.5 Å². The Balaban J connectivity index is 2.28. The molecule has 0 radical (unpaired) electrons. The number of benzene rings is 1. The van der Waals surface area contributed by atoms with Crippen LogP contribution in [0, 0.1) is 6.92 Å². The summed E-state index contributed by atoms with van der Waals surface area (Å²) in [7, 11) is 0. The third-order valence-corrected chi connectivity index (χ3v) is 3.01. The van der Waals surface area contributed by atoms with Crippen LogP contribution in [0.5, 0.6) is 11.6 Å². The Hall–Kier alpha value is -1.26. The second-order valence-corrected chi connectivity index (χ2v) is 4.85. The van der Waals surface area contributed by atoms with E-state index in [0.717, 1.165) is 5.56 Å². The Bertz CT molecular complexity index is 560. The van der Waals surface area contributed by atoms with Crippen molar-refractivity contribution in [3.63, 3.8) is 0 Å². The summed E-state index contributed by atoms with van der Waals surface area (Å²) >= 11 is 9.13. The van der Waals surface area contributed by atoms with Crippen LogP contribution in [0.3, 0.4) is 0 Å². The zero-order valence-electron chi connectivity index (χ0n) is 9.08. The van der Waals surface area contributed by atoms with Crippen molar-refractivity contribution in [1.82, 2.24) is 4.98 Å². The lowest BCUT2D eigenvalue weighted by atomic mass is 10.2. The van der Waals surface area contributed by atoms with Gasteiger partial charge >= 0.3 is 0 Å². The summed E-state index contributed by atoms with van der Waals surface area (Å²) in [5.41, 5.74) is 7.51. The van der Waals surface area contributed by atoms with E-state index in [1.165, 1.54) is 6.20 Å². The predicted octanol–water partition coefficient (Wildman–Crippen LogP) is 4.18. The molecule has 0 atom stereocenters. The van der Waals surface area contributed by atoms with E-state index >= 15 is 0 Å². The summed E-state index contributed by atoms with van der Waals surface area (Å²) in [6, 6.07) is 7.22. The largest absolute Gasteiger partial charge is 0.438 e. The van der Waals surface area contributed by atoms with Crippen LogP contribution in [0.25, 0.3) is 0 Å². The van der Waals surface area contributed by atoms with Crippen LogP contribution in [0.15, 0.2) is 34.9 Å². The highest BCUT2D eigenvalue weighted by Crippen LogP contribution is 2.30. The van der Waals surface area contributed by atoms with E-state index in [9.17, 15) is 0 Å². The summed E-state index contributed by atoms with van der Waals surface area (Å²) in [5, 5.41) is 0.549. The first-order valence-electron chi connectivity index (χ1n) is 4.91. The molecular weight excluding hydrogens is 304 g/mol. The van der Waals surface area contributed by atoms with Gasteiger partial charge in [0.2, 0.25) is 5.88 Å². The maximum atomic E-state index is 5.80. The molecule has 88 valence electrons. The summed E-state index contributed by atoms with van der Waals surface area (Å²) in [6.07, 6.45) is 1.53. The fourth-order valence-electron chi connectivity index (χ4n) is 1.27. The van der Waals surface area contributed by atoms with Crippen molar-refractivity contribution < 1.29 is 4.74 Å². The third kappa shape index (κ3) is 2.90.